The zero-order valence-electron chi connectivity index (χ0n) is 7.29. The summed E-state index contributed by atoms with van der Waals surface area (Å²) in [7, 11) is 0. The van der Waals surface area contributed by atoms with Crippen LogP contribution in [0.1, 0.15) is 12.8 Å². The Bertz CT molecular complexity index is 242. The fraction of sp³-hybridized carbons (Fsp3) is 1.00. The van der Waals surface area contributed by atoms with E-state index in [2.05, 4.69) is 0 Å². The van der Waals surface area contributed by atoms with Crippen LogP contribution in [0.15, 0.2) is 0 Å². The van der Waals surface area contributed by atoms with Gasteiger partial charge >= 0.3 is 18.0 Å². The summed E-state index contributed by atoms with van der Waals surface area (Å²) in [6, 6.07) is -2.45. The van der Waals surface area contributed by atoms with E-state index in [-0.39, 0.29) is 12.8 Å². The molecule has 0 unspecified atom stereocenters. The van der Waals surface area contributed by atoms with Gasteiger partial charge in [-0.15, -0.1) is 0 Å². The third kappa shape index (κ3) is 1.91. The first-order valence-corrected chi connectivity index (χ1v) is 4.09. The van der Waals surface area contributed by atoms with E-state index >= 15 is 0 Å². The SMILES string of the molecule is N[C@@H](C1CC1)C(F)(F)C(F)(F)C(F)(F)F. The predicted octanol–water partition coefficient (Wildman–Crippen LogP) is 2.56. The average Bonchev–Trinajstić information content (AvgIpc) is 2.82. The van der Waals surface area contributed by atoms with E-state index in [4.69, 9.17) is 5.73 Å². The lowest BCUT2D eigenvalue weighted by Crippen LogP contribution is -2.61. The van der Waals surface area contributed by atoms with Crippen LogP contribution in [0.25, 0.3) is 0 Å². The Morgan fingerprint density at radius 1 is 0.933 bits per heavy atom. The van der Waals surface area contributed by atoms with E-state index in [0.717, 1.165) is 0 Å². The molecule has 1 aliphatic carbocycles. The molecule has 1 nitrogen and oxygen atoms in total. The first-order valence-electron chi connectivity index (χ1n) is 4.09. The minimum absolute atomic E-state index is 0.157. The van der Waals surface area contributed by atoms with Crippen LogP contribution in [0, 0.1) is 5.92 Å². The molecule has 15 heavy (non-hydrogen) atoms. The maximum atomic E-state index is 12.8. The van der Waals surface area contributed by atoms with E-state index in [1.807, 2.05) is 0 Å². The van der Waals surface area contributed by atoms with Crippen LogP contribution in [-0.2, 0) is 0 Å². The molecular formula is C7H8F7N. The van der Waals surface area contributed by atoms with Gasteiger partial charge in [0, 0.05) is 0 Å². The second-order valence-electron chi connectivity index (χ2n) is 3.56. The summed E-state index contributed by atoms with van der Waals surface area (Å²) in [4.78, 5) is 0. The molecular weight excluding hydrogens is 231 g/mol. The summed E-state index contributed by atoms with van der Waals surface area (Å²) in [6.45, 7) is 0. The molecule has 0 saturated heterocycles. The smallest absolute Gasteiger partial charge is 0.322 e. The summed E-state index contributed by atoms with van der Waals surface area (Å²) in [5, 5.41) is 0. The Hall–Kier alpha value is -0.530. The van der Waals surface area contributed by atoms with Gasteiger partial charge in [0.05, 0.1) is 6.04 Å². The lowest BCUT2D eigenvalue weighted by molar-refractivity contribution is -0.359. The number of hydrogen-bond donors (Lipinski definition) is 1. The molecule has 0 aromatic carbocycles. The predicted molar refractivity (Wildman–Crippen MR) is 36.6 cm³/mol. The number of halogens is 7. The molecule has 1 atom stereocenters. The molecule has 0 radical (unpaired) electrons. The van der Waals surface area contributed by atoms with Gasteiger partial charge in [-0.05, 0) is 18.8 Å². The third-order valence-corrected chi connectivity index (χ3v) is 2.32. The monoisotopic (exact) mass is 239 g/mol. The Morgan fingerprint density at radius 2 is 1.33 bits per heavy atom. The standard InChI is InChI=1S/C7H8F7N/c8-5(9,4(15)3-1-2-3)6(10,11)7(12,13)14/h3-4H,1-2,15H2/t4-/m0/s1. The highest BCUT2D eigenvalue weighted by molar-refractivity contribution is 5.03. The zero-order valence-corrected chi connectivity index (χ0v) is 7.29. The van der Waals surface area contributed by atoms with E-state index in [1.165, 1.54) is 0 Å². The summed E-state index contributed by atoms with van der Waals surface area (Å²) < 4.78 is 85.4. The fourth-order valence-corrected chi connectivity index (χ4v) is 1.15. The van der Waals surface area contributed by atoms with Gasteiger partial charge in [0.15, 0.2) is 0 Å². The highest BCUT2D eigenvalue weighted by atomic mass is 19.4. The van der Waals surface area contributed by atoms with Crippen molar-refractivity contribution in [3.8, 4) is 0 Å². The molecule has 1 fully saturated rings. The van der Waals surface area contributed by atoms with Crippen molar-refractivity contribution >= 4 is 0 Å². The van der Waals surface area contributed by atoms with Gasteiger partial charge < -0.3 is 5.73 Å². The quantitative estimate of drug-likeness (QED) is 0.752. The third-order valence-electron chi connectivity index (χ3n) is 2.32. The largest absolute Gasteiger partial charge is 0.459 e. The summed E-state index contributed by atoms with van der Waals surface area (Å²) >= 11 is 0. The maximum Gasteiger partial charge on any atom is 0.459 e. The van der Waals surface area contributed by atoms with Crippen molar-refractivity contribution in [1.82, 2.24) is 0 Å². The minimum Gasteiger partial charge on any atom is -0.322 e. The number of rotatable bonds is 3. The van der Waals surface area contributed by atoms with Crippen molar-refractivity contribution < 1.29 is 30.7 Å². The molecule has 0 aromatic heterocycles. The molecule has 0 aromatic rings. The molecule has 0 spiro atoms. The Morgan fingerprint density at radius 3 is 1.60 bits per heavy atom. The summed E-state index contributed by atoms with van der Waals surface area (Å²) in [5.74, 6) is -12.3. The second-order valence-corrected chi connectivity index (χ2v) is 3.56. The molecule has 1 saturated carbocycles. The van der Waals surface area contributed by atoms with Crippen LogP contribution in [-0.4, -0.2) is 24.1 Å². The zero-order chi connectivity index (χ0) is 12.1. The molecule has 1 rings (SSSR count). The topological polar surface area (TPSA) is 26.0 Å². The maximum absolute atomic E-state index is 12.8. The number of hydrogen-bond acceptors (Lipinski definition) is 1. The van der Waals surface area contributed by atoms with Crippen molar-refractivity contribution in [2.75, 3.05) is 0 Å². The van der Waals surface area contributed by atoms with Crippen molar-refractivity contribution in [3.05, 3.63) is 0 Å². The van der Waals surface area contributed by atoms with Gasteiger partial charge in [0.1, 0.15) is 0 Å². The van der Waals surface area contributed by atoms with Crippen LogP contribution in [0.2, 0.25) is 0 Å². The van der Waals surface area contributed by atoms with Gasteiger partial charge in [0.25, 0.3) is 0 Å². The van der Waals surface area contributed by atoms with Crippen LogP contribution < -0.4 is 5.73 Å². The Kier molecular flexibility index (Phi) is 2.70. The van der Waals surface area contributed by atoms with Crippen LogP contribution in [0.5, 0.6) is 0 Å². The van der Waals surface area contributed by atoms with Crippen molar-refractivity contribution in [2.45, 2.75) is 36.9 Å². The molecule has 2 N–H and O–H groups in total. The van der Waals surface area contributed by atoms with E-state index in [9.17, 15) is 30.7 Å². The van der Waals surface area contributed by atoms with E-state index in [1.54, 1.807) is 0 Å². The van der Waals surface area contributed by atoms with E-state index < -0.39 is 30.0 Å². The van der Waals surface area contributed by atoms with Crippen molar-refractivity contribution in [2.24, 2.45) is 11.7 Å². The molecule has 0 aliphatic heterocycles. The molecule has 0 amide bonds. The van der Waals surface area contributed by atoms with E-state index in [0.29, 0.717) is 0 Å². The summed E-state index contributed by atoms with van der Waals surface area (Å²) in [6.07, 6.45) is -5.97. The highest BCUT2D eigenvalue weighted by Crippen LogP contribution is 2.51. The van der Waals surface area contributed by atoms with Crippen molar-refractivity contribution in [3.63, 3.8) is 0 Å². The summed E-state index contributed by atoms with van der Waals surface area (Å²) in [5.41, 5.74) is 4.71. The van der Waals surface area contributed by atoms with Crippen LogP contribution in [0.3, 0.4) is 0 Å². The molecule has 90 valence electrons. The molecule has 0 bridgehead atoms. The molecule has 0 heterocycles. The minimum atomic E-state index is -6.29. The first-order chi connectivity index (χ1) is 6.52. The Labute approximate surface area is 80.4 Å². The molecule has 8 heteroatoms. The number of alkyl halides is 7. The van der Waals surface area contributed by atoms with Crippen LogP contribution >= 0.6 is 0 Å². The fourth-order valence-electron chi connectivity index (χ4n) is 1.15. The average molecular weight is 239 g/mol. The normalized spacial score (nSPS) is 21.6. The highest BCUT2D eigenvalue weighted by Gasteiger charge is 2.75. The Balaban J connectivity index is 2.92. The van der Waals surface area contributed by atoms with Crippen LogP contribution in [0.4, 0.5) is 30.7 Å². The van der Waals surface area contributed by atoms with Gasteiger partial charge in [0.2, 0.25) is 0 Å². The van der Waals surface area contributed by atoms with Crippen molar-refractivity contribution in [1.29, 1.82) is 0 Å². The van der Waals surface area contributed by atoms with Gasteiger partial charge in [-0.1, -0.05) is 0 Å². The lowest BCUT2D eigenvalue weighted by Gasteiger charge is -2.32. The van der Waals surface area contributed by atoms with Gasteiger partial charge in [-0.3, -0.25) is 0 Å². The molecule has 1 aliphatic rings. The lowest BCUT2D eigenvalue weighted by atomic mass is 9.99. The van der Waals surface area contributed by atoms with Gasteiger partial charge in [-0.25, -0.2) is 0 Å². The second kappa shape index (κ2) is 3.23. The van der Waals surface area contributed by atoms with Gasteiger partial charge in [-0.2, -0.15) is 30.7 Å². The first kappa shape index (κ1) is 12.5. The number of nitrogens with two attached hydrogens (primary N) is 1.